The zero-order valence-electron chi connectivity index (χ0n) is 5.61. The van der Waals surface area contributed by atoms with Crippen LogP contribution in [0.2, 0.25) is 0 Å². The number of carbonyl (C=O) groups is 1. The van der Waals surface area contributed by atoms with E-state index in [4.69, 9.17) is 5.11 Å². The zero-order valence-corrected chi connectivity index (χ0v) is 5.61. The number of rotatable bonds is 1. The normalized spacial score (nSPS) is 24.8. The molecule has 4 nitrogen and oxygen atoms in total. The van der Waals surface area contributed by atoms with Gasteiger partial charge in [-0.3, -0.25) is 4.79 Å². The molecule has 0 aromatic carbocycles. The third-order valence-electron chi connectivity index (χ3n) is 1.21. The third-order valence-corrected chi connectivity index (χ3v) is 1.21. The second-order valence-corrected chi connectivity index (χ2v) is 2.10. The van der Waals surface area contributed by atoms with Crippen molar-refractivity contribution in [2.24, 2.45) is 10.2 Å². The van der Waals surface area contributed by atoms with Crippen molar-refractivity contribution in [1.29, 1.82) is 0 Å². The number of hydrogen-bond acceptors (Lipinski definition) is 4. The monoisotopic (exact) mass is 140 g/mol. The second-order valence-electron chi connectivity index (χ2n) is 2.10. The molecule has 54 valence electrons. The van der Waals surface area contributed by atoms with Crippen molar-refractivity contribution < 1.29 is 9.90 Å². The van der Waals surface area contributed by atoms with Gasteiger partial charge in [0.15, 0.2) is 11.8 Å². The van der Waals surface area contributed by atoms with E-state index in [-0.39, 0.29) is 12.4 Å². The molecule has 1 atom stereocenters. The first kappa shape index (κ1) is 7.08. The number of aliphatic hydroxyl groups is 1. The van der Waals surface area contributed by atoms with Gasteiger partial charge in [-0.2, -0.15) is 10.2 Å². The van der Waals surface area contributed by atoms with Crippen LogP contribution in [0.1, 0.15) is 6.92 Å². The Morgan fingerprint density at radius 2 is 2.50 bits per heavy atom. The molecule has 0 saturated carbocycles. The highest BCUT2D eigenvalue weighted by Crippen LogP contribution is 2.08. The number of aliphatic hydroxyl groups excluding tert-OH is 1. The molecular formula is C6H8N2O2. The number of hydrogen-bond donors (Lipinski definition) is 1. The fraction of sp³-hybridized carbons (Fsp3) is 0.500. The van der Waals surface area contributed by atoms with Gasteiger partial charge in [0.25, 0.3) is 0 Å². The quantitative estimate of drug-likeness (QED) is 0.568. The van der Waals surface area contributed by atoms with Crippen LogP contribution in [0.15, 0.2) is 22.0 Å². The summed E-state index contributed by atoms with van der Waals surface area (Å²) in [6.45, 7) is 1.43. The maximum atomic E-state index is 10.8. The first-order chi connectivity index (χ1) is 4.74. The Bertz CT molecular complexity index is 208. The van der Waals surface area contributed by atoms with Gasteiger partial charge in [-0.25, -0.2) is 0 Å². The Morgan fingerprint density at radius 1 is 1.80 bits per heavy atom. The number of azo groups is 1. The summed E-state index contributed by atoms with van der Waals surface area (Å²) >= 11 is 0. The Balaban J connectivity index is 2.74. The van der Waals surface area contributed by atoms with Crippen molar-refractivity contribution in [3.8, 4) is 0 Å². The predicted octanol–water partition coefficient (Wildman–Crippen LogP) is 0.286. The lowest BCUT2D eigenvalue weighted by atomic mass is 10.2. The fourth-order valence-corrected chi connectivity index (χ4v) is 0.675. The van der Waals surface area contributed by atoms with Gasteiger partial charge in [0.05, 0.1) is 12.3 Å². The molecule has 1 rings (SSSR count). The van der Waals surface area contributed by atoms with Crippen LogP contribution in [-0.4, -0.2) is 23.5 Å². The minimum atomic E-state index is -0.663. The molecule has 0 saturated heterocycles. The summed E-state index contributed by atoms with van der Waals surface area (Å²) in [6.07, 6.45) is 1.38. The molecule has 0 aromatic rings. The van der Waals surface area contributed by atoms with E-state index < -0.39 is 6.04 Å². The van der Waals surface area contributed by atoms with Gasteiger partial charge in [0, 0.05) is 6.08 Å². The van der Waals surface area contributed by atoms with Crippen LogP contribution in [0.25, 0.3) is 0 Å². The number of ketones is 1. The highest BCUT2D eigenvalue weighted by atomic mass is 16.3. The molecular weight excluding hydrogens is 132 g/mol. The van der Waals surface area contributed by atoms with E-state index in [0.29, 0.717) is 5.70 Å². The molecule has 0 amide bonds. The van der Waals surface area contributed by atoms with E-state index in [2.05, 4.69) is 10.2 Å². The van der Waals surface area contributed by atoms with Crippen LogP contribution >= 0.6 is 0 Å². The van der Waals surface area contributed by atoms with Crippen LogP contribution in [0.4, 0.5) is 0 Å². The zero-order chi connectivity index (χ0) is 7.56. The maximum absolute atomic E-state index is 10.8. The van der Waals surface area contributed by atoms with Gasteiger partial charge >= 0.3 is 0 Å². The van der Waals surface area contributed by atoms with Crippen molar-refractivity contribution in [1.82, 2.24) is 0 Å². The summed E-state index contributed by atoms with van der Waals surface area (Å²) in [5.74, 6) is -0.171. The average molecular weight is 140 g/mol. The Labute approximate surface area is 58.3 Å². The highest BCUT2D eigenvalue weighted by molar-refractivity contribution is 5.95. The van der Waals surface area contributed by atoms with Gasteiger partial charge < -0.3 is 5.11 Å². The van der Waals surface area contributed by atoms with Gasteiger partial charge in [-0.1, -0.05) is 0 Å². The molecule has 4 heteroatoms. The Hall–Kier alpha value is -1.03. The van der Waals surface area contributed by atoms with Crippen LogP contribution < -0.4 is 0 Å². The van der Waals surface area contributed by atoms with E-state index in [1.54, 1.807) is 6.92 Å². The molecule has 0 fully saturated rings. The van der Waals surface area contributed by atoms with Crippen molar-refractivity contribution in [3.63, 3.8) is 0 Å². The number of nitrogens with zero attached hydrogens (tertiary/aromatic N) is 2. The van der Waals surface area contributed by atoms with Crippen molar-refractivity contribution in [3.05, 3.63) is 11.8 Å². The molecule has 0 spiro atoms. The van der Waals surface area contributed by atoms with E-state index in [1.807, 2.05) is 0 Å². The molecule has 1 N–H and O–H groups in total. The van der Waals surface area contributed by atoms with Crippen LogP contribution in [0, 0.1) is 0 Å². The lowest BCUT2D eigenvalue weighted by Crippen LogP contribution is -2.22. The molecule has 1 aliphatic heterocycles. The van der Waals surface area contributed by atoms with Gasteiger partial charge in [0.1, 0.15) is 0 Å². The fourth-order valence-electron chi connectivity index (χ4n) is 0.675. The first-order valence-corrected chi connectivity index (χ1v) is 2.98. The topological polar surface area (TPSA) is 62.0 Å². The molecule has 1 heterocycles. The average Bonchev–Trinajstić information content (AvgIpc) is 1.88. The summed E-state index contributed by atoms with van der Waals surface area (Å²) in [5.41, 5.74) is 0.592. The summed E-state index contributed by atoms with van der Waals surface area (Å²) in [4.78, 5) is 10.8. The lowest BCUT2D eigenvalue weighted by molar-refractivity contribution is -0.116. The molecule has 1 unspecified atom stereocenters. The van der Waals surface area contributed by atoms with E-state index >= 15 is 0 Å². The second kappa shape index (κ2) is 2.70. The van der Waals surface area contributed by atoms with Crippen molar-refractivity contribution in [2.75, 3.05) is 6.61 Å². The molecule has 0 bridgehead atoms. The minimum absolute atomic E-state index is 0.171. The lowest BCUT2D eigenvalue weighted by Gasteiger charge is -2.07. The predicted molar refractivity (Wildman–Crippen MR) is 34.5 cm³/mol. The van der Waals surface area contributed by atoms with Gasteiger partial charge in [0.2, 0.25) is 0 Å². The SMILES string of the molecule is CC1=CC(=O)C(CO)N=N1. The molecule has 0 aliphatic carbocycles. The van der Waals surface area contributed by atoms with Crippen LogP contribution in [0.3, 0.4) is 0 Å². The standard InChI is InChI=1S/C6H8N2O2/c1-4-2-6(10)5(3-9)8-7-4/h2,5,9H,3H2,1H3. The smallest absolute Gasteiger partial charge is 0.186 e. The summed E-state index contributed by atoms with van der Waals surface area (Å²) in [6, 6.07) is -0.663. The molecule has 1 aliphatic rings. The minimum Gasteiger partial charge on any atom is -0.394 e. The van der Waals surface area contributed by atoms with Gasteiger partial charge in [-0.05, 0) is 6.92 Å². The van der Waals surface area contributed by atoms with Crippen LogP contribution in [-0.2, 0) is 4.79 Å². The number of carbonyl (C=O) groups excluding carboxylic acids is 1. The molecule has 0 aromatic heterocycles. The van der Waals surface area contributed by atoms with E-state index in [9.17, 15) is 4.79 Å². The highest BCUT2D eigenvalue weighted by Gasteiger charge is 2.17. The summed E-state index contributed by atoms with van der Waals surface area (Å²) in [7, 11) is 0. The van der Waals surface area contributed by atoms with Crippen molar-refractivity contribution in [2.45, 2.75) is 13.0 Å². The largest absolute Gasteiger partial charge is 0.394 e. The van der Waals surface area contributed by atoms with Gasteiger partial charge in [-0.15, -0.1) is 0 Å². The number of allylic oxidation sites excluding steroid dienone is 1. The Kier molecular flexibility index (Phi) is 1.91. The maximum Gasteiger partial charge on any atom is 0.186 e. The summed E-state index contributed by atoms with van der Waals surface area (Å²) < 4.78 is 0. The molecule has 0 radical (unpaired) electrons. The van der Waals surface area contributed by atoms with E-state index in [1.165, 1.54) is 6.08 Å². The summed E-state index contributed by atoms with van der Waals surface area (Å²) in [5, 5.41) is 15.7. The van der Waals surface area contributed by atoms with Crippen LogP contribution in [0.5, 0.6) is 0 Å². The Morgan fingerprint density at radius 3 is 3.00 bits per heavy atom. The molecule has 10 heavy (non-hydrogen) atoms. The van der Waals surface area contributed by atoms with Crippen molar-refractivity contribution >= 4 is 5.78 Å². The first-order valence-electron chi connectivity index (χ1n) is 2.98. The third kappa shape index (κ3) is 1.27. The van der Waals surface area contributed by atoms with E-state index in [0.717, 1.165) is 0 Å².